The highest BCUT2D eigenvalue weighted by atomic mass is 16.8. The van der Waals surface area contributed by atoms with Gasteiger partial charge in [0, 0.05) is 13.3 Å². The van der Waals surface area contributed by atoms with Gasteiger partial charge < -0.3 is 90.3 Å². The average molecular weight is 634 g/mol. The summed E-state index contributed by atoms with van der Waals surface area (Å²) in [5.41, 5.74) is 0. The maximum absolute atomic E-state index is 12.4. The highest BCUT2D eigenvalue weighted by Gasteiger charge is 2.57. The summed E-state index contributed by atoms with van der Waals surface area (Å²) in [6.45, 7) is -1.77. The molecule has 0 spiro atoms. The van der Waals surface area contributed by atoms with Gasteiger partial charge in [-0.2, -0.15) is 0 Å². The van der Waals surface area contributed by atoms with Crippen LogP contribution in [0.2, 0.25) is 0 Å². The molecule has 3 rings (SSSR count). The number of carbonyl (C=O) groups is 2. The van der Waals surface area contributed by atoms with Crippen molar-refractivity contribution in [1.29, 1.82) is 0 Å². The standard InChI is InChI=1S/C23H39NO19/c1-6(27)24-11-7(28)2-23(22(37)38,43-19(11)12(30)8(29)3-25)39-5-10-18(15(33)16(34)20(36)40-10)42-21-17(35)14(32)13(31)9(4-26)41-21/h7-21,25-26,28-36H,2-5H2,1H3,(H,24,27)(H,37,38)/t7-,8+,9+,10+,11+,12+,13-,14-,15+,16+,17+,18+,19+,20-,21-,23+/m0/s1. The topological polar surface area (TPSA) is 335 Å². The second-order valence-electron chi connectivity index (χ2n) is 10.5. The van der Waals surface area contributed by atoms with Gasteiger partial charge in [0.1, 0.15) is 67.1 Å². The van der Waals surface area contributed by atoms with Crippen LogP contribution < -0.4 is 5.32 Å². The third kappa shape index (κ3) is 7.58. The summed E-state index contributed by atoms with van der Waals surface area (Å²) >= 11 is 0. The number of hydrogen-bond donors (Lipinski definition) is 13. The Morgan fingerprint density at radius 1 is 0.930 bits per heavy atom. The molecule has 3 fully saturated rings. The van der Waals surface area contributed by atoms with Gasteiger partial charge in [-0.1, -0.05) is 0 Å². The predicted molar refractivity (Wildman–Crippen MR) is 130 cm³/mol. The molecule has 250 valence electrons. The minimum atomic E-state index is -2.85. The van der Waals surface area contributed by atoms with Crippen LogP contribution in [0.25, 0.3) is 0 Å². The Morgan fingerprint density at radius 3 is 2.14 bits per heavy atom. The first-order chi connectivity index (χ1) is 20.1. The first-order valence-corrected chi connectivity index (χ1v) is 13.2. The van der Waals surface area contributed by atoms with E-state index in [4.69, 9.17) is 23.7 Å². The highest BCUT2D eigenvalue weighted by molar-refractivity contribution is 5.76. The van der Waals surface area contributed by atoms with E-state index in [0.717, 1.165) is 6.92 Å². The van der Waals surface area contributed by atoms with E-state index in [9.17, 15) is 70.9 Å². The molecule has 0 bridgehead atoms. The van der Waals surface area contributed by atoms with Gasteiger partial charge in [-0.25, -0.2) is 4.79 Å². The van der Waals surface area contributed by atoms with Crippen molar-refractivity contribution >= 4 is 11.9 Å². The van der Waals surface area contributed by atoms with E-state index in [1.54, 1.807) is 0 Å². The van der Waals surface area contributed by atoms with Crippen LogP contribution in [0.1, 0.15) is 13.3 Å². The Hall–Kier alpha value is -1.70. The van der Waals surface area contributed by atoms with Crippen molar-refractivity contribution in [2.24, 2.45) is 0 Å². The zero-order valence-electron chi connectivity index (χ0n) is 22.7. The maximum Gasteiger partial charge on any atom is 0.364 e. The Kier molecular flexibility index (Phi) is 12.1. The molecular formula is C23H39NO19. The molecule has 0 aromatic heterocycles. The van der Waals surface area contributed by atoms with Crippen LogP contribution in [0.5, 0.6) is 0 Å². The lowest BCUT2D eigenvalue weighted by Crippen LogP contribution is -2.68. The van der Waals surface area contributed by atoms with Crippen molar-refractivity contribution in [3.05, 3.63) is 0 Å². The number of carbonyl (C=O) groups excluding carboxylic acids is 1. The number of amides is 1. The lowest BCUT2D eigenvalue weighted by Gasteiger charge is -2.48. The minimum Gasteiger partial charge on any atom is -0.477 e. The SMILES string of the molecule is CC(=O)N[C@H]1[C@H]([C@H](O)[C@H](O)CO)O[C@@](OC[C@H]2O[C@H](O)[C@H](O)[C@@H](O)[C@@H]2O[C@@H]2O[C@H](CO)[C@H](O)[C@H](O)[C@H]2O)(C(=O)O)C[C@@H]1O. The fourth-order valence-electron chi connectivity index (χ4n) is 5.05. The zero-order valence-corrected chi connectivity index (χ0v) is 22.7. The number of carboxylic acid groups (broad SMARTS) is 1. The van der Waals surface area contributed by atoms with Crippen molar-refractivity contribution in [3.8, 4) is 0 Å². The van der Waals surface area contributed by atoms with Crippen LogP contribution in [-0.4, -0.2) is 191 Å². The monoisotopic (exact) mass is 633 g/mol. The Bertz CT molecular complexity index is 942. The van der Waals surface area contributed by atoms with Crippen LogP contribution in [0.15, 0.2) is 0 Å². The van der Waals surface area contributed by atoms with Gasteiger partial charge in [-0.15, -0.1) is 0 Å². The number of hydrogen-bond acceptors (Lipinski definition) is 18. The molecule has 13 N–H and O–H groups in total. The normalized spacial score (nSPS) is 45.3. The van der Waals surface area contributed by atoms with Crippen LogP contribution in [-0.2, 0) is 33.3 Å². The molecule has 0 radical (unpaired) electrons. The van der Waals surface area contributed by atoms with E-state index >= 15 is 0 Å². The summed E-state index contributed by atoms with van der Waals surface area (Å²) in [5, 5.41) is 123. The van der Waals surface area contributed by atoms with Crippen molar-refractivity contribution in [2.45, 2.75) is 111 Å². The summed E-state index contributed by atoms with van der Waals surface area (Å²) in [5.74, 6) is -5.46. The molecule has 0 aromatic rings. The summed E-state index contributed by atoms with van der Waals surface area (Å²) in [6.07, 6.45) is -27.1. The molecule has 20 heteroatoms. The molecule has 0 aromatic carbocycles. The summed E-state index contributed by atoms with van der Waals surface area (Å²) in [4.78, 5) is 24.1. The predicted octanol–water partition coefficient (Wildman–Crippen LogP) is -8.22. The van der Waals surface area contributed by atoms with Gasteiger partial charge in [0.15, 0.2) is 12.6 Å². The molecule has 1 amide bonds. The van der Waals surface area contributed by atoms with E-state index in [-0.39, 0.29) is 0 Å². The number of aliphatic hydroxyl groups excluding tert-OH is 11. The molecule has 3 heterocycles. The van der Waals surface area contributed by atoms with Gasteiger partial charge >= 0.3 is 5.97 Å². The van der Waals surface area contributed by atoms with Crippen molar-refractivity contribution in [1.82, 2.24) is 5.32 Å². The second-order valence-corrected chi connectivity index (χ2v) is 10.5. The molecule has 43 heavy (non-hydrogen) atoms. The third-order valence-corrected chi connectivity index (χ3v) is 7.47. The fraction of sp³-hybridized carbons (Fsp3) is 0.913. The van der Waals surface area contributed by atoms with Gasteiger partial charge in [0.25, 0.3) is 5.79 Å². The molecule has 20 nitrogen and oxygen atoms in total. The van der Waals surface area contributed by atoms with Gasteiger partial charge in [0.2, 0.25) is 5.91 Å². The van der Waals surface area contributed by atoms with Crippen molar-refractivity contribution in [3.63, 3.8) is 0 Å². The molecule has 3 aliphatic rings. The average Bonchev–Trinajstić information content (AvgIpc) is 2.96. The van der Waals surface area contributed by atoms with E-state index in [2.05, 4.69) is 5.32 Å². The molecule has 3 aliphatic heterocycles. The number of rotatable bonds is 11. The first-order valence-electron chi connectivity index (χ1n) is 13.2. The Labute approximate surface area is 243 Å². The van der Waals surface area contributed by atoms with Gasteiger partial charge in [-0.3, -0.25) is 4.79 Å². The van der Waals surface area contributed by atoms with Gasteiger partial charge in [0.05, 0.1) is 32.0 Å². The number of carboxylic acids is 1. The Morgan fingerprint density at radius 2 is 1.58 bits per heavy atom. The van der Waals surface area contributed by atoms with Crippen molar-refractivity contribution in [2.75, 3.05) is 19.8 Å². The molecule has 0 aliphatic carbocycles. The second kappa shape index (κ2) is 14.6. The Balaban J connectivity index is 1.87. The lowest BCUT2D eigenvalue weighted by molar-refractivity contribution is -0.365. The largest absolute Gasteiger partial charge is 0.477 e. The lowest BCUT2D eigenvalue weighted by atomic mass is 9.88. The van der Waals surface area contributed by atoms with Crippen molar-refractivity contribution < 1.29 is 94.6 Å². The van der Waals surface area contributed by atoms with E-state index in [0.29, 0.717) is 0 Å². The van der Waals surface area contributed by atoms with Crippen LogP contribution in [0.4, 0.5) is 0 Å². The quantitative estimate of drug-likeness (QED) is 0.100. The van der Waals surface area contributed by atoms with E-state index < -0.39 is 136 Å². The number of aliphatic hydroxyl groups is 11. The summed E-state index contributed by atoms with van der Waals surface area (Å²) < 4.78 is 26.9. The molecular weight excluding hydrogens is 594 g/mol. The molecule has 0 saturated carbocycles. The van der Waals surface area contributed by atoms with Crippen LogP contribution in [0, 0.1) is 0 Å². The number of aliphatic carboxylic acids is 1. The minimum absolute atomic E-state index is 0.725. The molecule has 3 saturated heterocycles. The summed E-state index contributed by atoms with van der Waals surface area (Å²) in [6, 6.07) is -1.49. The molecule has 16 atom stereocenters. The highest BCUT2D eigenvalue weighted by Crippen LogP contribution is 2.35. The number of ether oxygens (including phenoxy) is 5. The molecule has 0 unspecified atom stereocenters. The third-order valence-electron chi connectivity index (χ3n) is 7.47. The zero-order chi connectivity index (χ0) is 32.4. The first kappa shape index (κ1) is 35.8. The van der Waals surface area contributed by atoms with E-state index in [1.165, 1.54) is 0 Å². The van der Waals surface area contributed by atoms with Crippen LogP contribution in [0.3, 0.4) is 0 Å². The smallest absolute Gasteiger partial charge is 0.364 e. The van der Waals surface area contributed by atoms with Crippen LogP contribution >= 0.6 is 0 Å². The maximum atomic E-state index is 12.4. The number of nitrogens with one attached hydrogen (secondary N) is 1. The summed E-state index contributed by atoms with van der Waals surface area (Å²) in [7, 11) is 0. The van der Waals surface area contributed by atoms with E-state index in [1.807, 2.05) is 0 Å². The van der Waals surface area contributed by atoms with Gasteiger partial charge in [-0.05, 0) is 0 Å². The fourth-order valence-corrected chi connectivity index (χ4v) is 5.05.